The van der Waals surface area contributed by atoms with Crippen molar-refractivity contribution in [1.82, 2.24) is 4.90 Å². The number of likely N-dealkylation sites (N-methyl/N-ethyl adjacent to an activating group) is 1. The number of anilines is 1. The Balaban J connectivity index is 2.03. The number of benzene rings is 2. The van der Waals surface area contributed by atoms with Gasteiger partial charge in [-0.1, -0.05) is 6.07 Å². The predicted molar refractivity (Wildman–Crippen MR) is 82.3 cm³/mol. The number of halogens is 4. The fourth-order valence-electron chi connectivity index (χ4n) is 2.08. The summed E-state index contributed by atoms with van der Waals surface area (Å²) in [6.07, 6.45) is 0. The van der Waals surface area contributed by atoms with Crippen LogP contribution in [0.5, 0.6) is 0 Å². The standard InChI is InChI=1S/C17H16F4N2O/c1-10(17(24)22-16-6-5-13(19)8-15(16)21)23(2)9-11-3-4-12(18)7-14(11)20/h3-8,10H,9H2,1-2H3,(H,22,24). The van der Waals surface area contributed by atoms with Gasteiger partial charge in [-0.25, -0.2) is 17.6 Å². The van der Waals surface area contributed by atoms with Crippen molar-refractivity contribution in [2.24, 2.45) is 0 Å². The van der Waals surface area contributed by atoms with Crippen molar-refractivity contribution < 1.29 is 22.4 Å². The highest BCUT2D eigenvalue weighted by atomic mass is 19.1. The number of nitrogens with one attached hydrogen (secondary N) is 1. The molecule has 0 fully saturated rings. The van der Waals surface area contributed by atoms with Gasteiger partial charge in [0, 0.05) is 24.2 Å². The Kier molecular flexibility index (Phi) is 5.56. The quantitative estimate of drug-likeness (QED) is 0.842. The van der Waals surface area contributed by atoms with Crippen LogP contribution in [-0.4, -0.2) is 23.9 Å². The van der Waals surface area contributed by atoms with Gasteiger partial charge in [0.1, 0.15) is 23.3 Å². The first-order valence-electron chi connectivity index (χ1n) is 7.18. The van der Waals surface area contributed by atoms with Crippen LogP contribution in [0.3, 0.4) is 0 Å². The van der Waals surface area contributed by atoms with E-state index in [9.17, 15) is 22.4 Å². The molecule has 0 saturated heterocycles. The van der Waals surface area contributed by atoms with Gasteiger partial charge in [-0.05, 0) is 32.2 Å². The van der Waals surface area contributed by atoms with Gasteiger partial charge in [0.05, 0.1) is 11.7 Å². The number of hydrogen-bond donors (Lipinski definition) is 1. The third kappa shape index (κ3) is 4.32. The van der Waals surface area contributed by atoms with E-state index < -0.39 is 35.2 Å². The maximum atomic E-state index is 13.7. The molecule has 7 heteroatoms. The smallest absolute Gasteiger partial charge is 0.241 e. The normalized spacial score (nSPS) is 12.3. The van der Waals surface area contributed by atoms with Crippen molar-refractivity contribution in [1.29, 1.82) is 0 Å². The summed E-state index contributed by atoms with van der Waals surface area (Å²) in [5.74, 6) is -3.56. The van der Waals surface area contributed by atoms with Gasteiger partial charge in [-0.2, -0.15) is 0 Å². The van der Waals surface area contributed by atoms with Crippen LogP contribution in [0.15, 0.2) is 36.4 Å². The third-order valence-corrected chi connectivity index (χ3v) is 3.66. The number of carbonyl (C=O) groups excluding carboxylic acids is 1. The zero-order valence-electron chi connectivity index (χ0n) is 13.1. The molecule has 1 unspecified atom stereocenters. The summed E-state index contributed by atoms with van der Waals surface area (Å²) >= 11 is 0. The first kappa shape index (κ1) is 17.9. The lowest BCUT2D eigenvalue weighted by molar-refractivity contribution is -0.120. The van der Waals surface area contributed by atoms with Crippen LogP contribution < -0.4 is 5.32 Å². The zero-order valence-corrected chi connectivity index (χ0v) is 13.1. The van der Waals surface area contributed by atoms with Gasteiger partial charge >= 0.3 is 0 Å². The molecule has 2 aromatic carbocycles. The van der Waals surface area contributed by atoms with Crippen molar-refractivity contribution in [2.75, 3.05) is 12.4 Å². The topological polar surface area (TPSA) is 32.3 Å². The van der Waals surface area contributed by atoms with Gasteiger partial charge in [0.25, 0.3) is 0 Å². The first-order chi connectivity index (χ1) is 11.3. The number of rotatable bonds is 5. The second kappa shape index (κ2) is 7.44. The van der Waals surface area contributed by atoms with Crippen molar-refractivity contribution >= 4 is 11.6 Å². The first-order valence-corrected chi connectivity index (χ1v) is 7.18. The highest BCUT2D eigenvalue weighted by Crippen LogP contribution is 2.17. The summed E-state index contributed by atoms with van der Waals surface area (Å²) in [5.41, 5.74) is 0.0844. The number of carbonyl (C=O) groups is 1. The Morgan fingerprint density at radius 3 is 2.21 bits per heavy atom. The van der Waals surface area contributed by atoms with Gasteiger partial charge < -0.3 is 5.32 Å². The van der Waals surface area contributed by atoms with E-state index in [4.69, 9.17) is 0 Å². The SMILES string of the molecule is CC(C(=O)Nc1ccc(F)cc1F)N(C)Cc1ccc(F)cc1F. The van der Waals surface area contributed by atoms with Gasteiger partial charge in [0.2, 0.25) is 5.91 Å². The number of nitrogens with zero attached hydrogens (tertiary/aromatic N) is 1. The van der Waals surface area contributed by atoms with Crippen LogP contribution in [0, 0.1) is 23.3 Å². The average Bonchev–Trinajstić information content (AvgIpc) is 2.51. The van der Waals surface area contributed by atoms with E-state index in [1.54, 1.807) is 14.0 Å². The van der Waals surface area contributed by atoms with Crippen molar-refractivity contribution in [3.05, 3.63) is 65.2 Å². The van der Waals surface area contributed by atoms with Crippen molar-refractivity contribution in [3.8, 4) is 0 Å². The molecular weight excluding hydrogens is 324 g/mol. The molecule has 0 aliphatic carbocycles. The van der Waals surface area contributed by atoms with Crippen LogP contribution in [0.2, 0.25) is 0 Å². The number of hydrogen-bond acceptors (Lipinski definition) is 2. The molecule has 1 atom stereocenters. The minimum Gasteiger partial charge on any atom is -0.322 e. The molecule has 0 radical (unpaired) electrons. The number of amides is 1. The summed E-state index contributed by atoms with van der Waals surface area (Å²) in [4.78, 5) is 13.7. The Bertz CT molecular complexity index is 751. The van der Waals surface area contributed by atoms with Crippen LogP contribution >= 0.6 is 0 Å². The van der Waals surface area contributed by atoms with E-state index in [0.29, 0.717) is 6.07 Å². The summed E-state index contributed by atoms with van der Waals surface area (Å²) in [7, 11) is 1.58. The van der Waals surface area contributed by atoms with E-state index in [2.05, 4.69) is 5.32 Å². The predicted octanol–water partition coefficient (Wildman–Crippen LogP) is 3.70. The monoisotopic (exact) mass is 340 g/mol. The van der Waals surface area contributed by atoms with Crippen molar-refractivity contribution in [3.63, 3.8) is 0 Å². The maximum Gasteiger partial charge on any atom is 0.241 e. The minimum absolute atomic E-state index is 0.0621. The van der Waals surface area contributed by atoms with Gasteiger partial charge in [-0.3, -0.25) is 9.69 Å². The lowest BCUT2D eigenvalue weighted by Gasteiger charge is -2.24. The molecule has 2 rings (SSSR count). The molecule has 0 aromatic heterocycles. The molecule has 0 spiro atoms. The van der Waals surface area contributed by atoms with Gasteiger partial charge in [-0.15, -0.1) is 0 Å². The third-order valence-electron chi connectivity index (χ3n) is 3.66. The molecule has 0 bridgehead atoms. The second-order valence-electron chi connectivity index (χ2n) is 5.44. The second-order valence-corrected chi connectivity index (χ2v) is 5.44. The largest absolute Gasteiger partial charge is 0.322 e. The van der Waals surface area contributed by atoms with Crippen LogP contribution in [0.25, 0.3) is 0 Å². The van der Waals surface area contributed by atoms with Crippen LogP contribution in [-0.2, 0) is 11.3 Å². The van der Waals surface area contributed by atoms with E-state index >= 15 is 0 Å². The molecule has 0 saturated carbocycles. The van der Waals surface area contributed by atoms with E-state index in [-0.39, 0.29) is 17.8 Å². The minimum atomic E-state index is -0.886. The van der Waals surface area contributed by atoms with Gasteiger partial charge in [0.15, 0.2) is 0 Å². The van der Waals surface area contributed by atoms with Crippen LogP contribution in [0.1, 0.15) is 12.5 Å². The fourth-order valence-corrected chi connectivity index (χ4v) is 2.08. The molecule has 2 aromatic rings. The average molecular weight is 340 g/mol. The molecule has 128 valence electrons. The molecule has 3 nitrogen and oxygen atoms in total. The Labute approximate surface area is 136 Å². The molecule has 1 amide bonds. The zero-order chi connectivity index (χ0) is 17.9. The summed E-state index contributed by atoms with van der Waals surface area (Å²) < 4.78 is 53.0. The summed E-state index contributed by atoms with van der Waals surface area (Å²) in [5, 5.41) is 2.35. The molecular formula is C17H16F4N2O. The maximum absolute atomic E-state index is 13.7. The molecule has 0 aliphatic rings. The molecule has 24 heavy (non-hydrogen) atoms. The fraction of sp³-hybridized carbons (Fsp3) is 0.235. The lowest BCUT2D eigenvalue weighted by Crippen LogP contribution is -2.39. The van der Waals surface area contributed by atoms with Crippen molar-refractivity contribution in [2.45, 2.75) is 19.5 Å². The van der Waals surface area contributed by atoms with E-state index in [1.165, 1.54) is 11.0 Å². The molecule has 1 N–H and O–H groups in total. The molecule has 0 aliphatic heterocycles. The molecule has 0 heterocycles. The van der Waals surface area contributed by atoms with Crippen LogP contribution in [0.4, 0.5) is 23.2 Å². The Hall–Kier alpha value is -2.41. The Morgan fingerprint density at radius 2 is 1.62 bits per heavy atom. The Morgan fingerprint density at radius 1 is 1.04 bits per heavy atom. The highest BCUT2D eigenvalue weighted by molar-refractivity contribution is 5.94. The van der Waals surface area contributed by atoms with E-state index in [1.807, 2.05) is 0 Å². The summed E-state index contributed by atoms with van der Waals surface area (Å²) in [6, 6.07) is 5.28. The lowest BCUT2D eigenvalue weighted by atomic mass is 10.1. The van der Waals surface area contributed by atoms with E-state index in [0.717, 1.165) is 24.3 Å². The summed E-state index contributed by atoms with van der Waals surface area (Å²) in [6.45, 7) is 1.62. The highest BCUT2D eigenvalue weighted by Gasteiger charge is 2.20.